The lowest BCUT2D eigenvalue weighted by atomic mass is 10.2. The summed E-state index contributed by atoms with van der Waals surface area (Å²) in [4.78, 5) is 5.05. The Labute approximate surface area is 121 Å². The summed E-state index contributed by atoms with van der Waals surface area (Å²) in [5, 5.41) is 0. The van der Waals surface area contributed by atoms with Gasteiger partial charge in [-0.3, -0.25) is 0 Å². The summed E-state index contributed by atoms with van der Waals surface area (Å²) >= 11 is 1.29. The molecule has 1 fully saturated rings. The summed E-state index contributed by atoms with van der Waals surface area (Å²) in [6.45, 7) is 2.64. The van der Waals surface area contributed by atoms with Crippen LogP contribution in [0, 0.1) is 6.92 Å². The smallest absolute Gasteiger partial charge is 0.252 e. The van der Waals surface area contributed by atoms with Gasteiger partial charge in [0, 0.05) is 17.1 Å². The average Bonchev–Trinajstić information content (AvgIpc) is 2.82. The van der Waals surface area contributed by atoms with Crippen molar-refractivity contribution >= 4 is 21.4 Å². The van der Waals surface area contributed by atoms with E-state index in [0.717, 1.165) is 4.88 Å². The van der Waals surface area contributed by atoms with Crippen molar-refractivity contribution in [3.63, 3.8) is 0 Å². The molecule has 0 amide bonds. The van der Waals surface area contributed by atoms with Crippen LogP contribution in [0.2, 0.25) is 0 Å². The molecule has 0 spiro atoms. The minimum Gasteiger partial charge on any atom is -0.472 e. The van der Waals surface area contributed by atoms with E-state index < -0.39 is 10.0 Å². The molecule has 2 aromatic heterocycles. The number of rotatable bonds is 4. The average molecular weight is 310 g/mol. The van der Waals surface area contributed by atoms with Crippen LogP contribution in [-0.4, -0.2) is 36.9 Å². The molecule has 0 N–H and O–H groups in total. The standard InChI is InChI=1S/C13H14N2O3S2/c1-10-5-6-13(19-10)20(16,17)15-8-11(9-15)18-12-4-2-3-7-14-12/h2-7,11H,8-9H2,1H3. The number of pyridine rings is 1. The monoisotopic (exact) mass is 310 g/mol. The Morgan fingerprint density at radius 2 is 2.10 bits per heavy atom. The van der Waals surface area contributed by atoms with Crippen LogP contribution in [0.1, 0.15) is 4.88 Å². The predicted molar refractivity (Wildman–Crippen MR) is 76.5 cm³/mol. The Kier molecular flexibility index (Phi) is 3.49. The van der Waals surface area contributed by atoms with E-state index in [0.29, 0.717) is 23.2 Å². The third-order valence-electron chi connectivity index (χ3n) is 3.05. The van der Waals surface area contributed by atoms with E-state index in [-0.39, 0.29) is 6.10 Å². The molecule has 0 bridgehead atoms. The zero-order chi connectivity index (χ0) is 14.2. The molecule has 0 unspecified atom stereocenters. The van der Waals surface area contributed by atoms with E-state index in [9.17, 15) is 8.42 Å². The maximum atomic E-state index is 12.3. The maximum absolute atomic E-state index is 12.3. The van der Waals surface area contributed by atoms with E-state index in [1.807, 2.05) is 25.1 Å². The van der Waals surface area contributed by atoms with Gasteiger partial charge in [-0.2, -0.15) is 4.31 Å². The fourth-order valence-corrected chi connectivity index (χ4v) is 4.88. The first-order valence-corrected chi connectivity index (χ1v) is 8.45. The number of hydrogen-bond donors (Lipinski definition) is 0. The van der Waals surface area contributed by atoms with Gasteiger partial charge in [0.05, 0.1) is 13.1 Å². The molecule has 7 heteroatoms. The van der Waals surface area contributed by atoms with Crippen molar-refractivity contribution in [2.75, 3.05) is 13.1 Å². The van der Waals surface area contributed by atoms with Crippen LogP contribution in [0.25, 0.3) is 0 Å². The number of hydrogen-bond acceptors (Lipinski definition) is 5. The number of aryl methyl sites for hydroxylation is 1. The lowest BCUT2D eigenvalue weighted by molar-refractivity contribution is 0.0722. The van der Waals surface area contributed by atoms with Gasteiger partial charge in [-0.25, -0.2) is 13.4 Å². The first-order valence-electron chi connectivity index (χ1n) is 6.20. The second kappa shape index (κ2) is 5.16. The largest absolute Gasteiger partial charge is 0.472 e. The van der Waals surface area contributed by atoms with Crippen molar-refractivity contribution in [3.05, 3.63) is 41.4 Å². The molecule has 20 heavy (non-hydrogen) atoms. The van der Waals surface area contributed by atoms with Crippen LogP contribution in [0.5, 0.6) is 5.88 Å². The minimum absolute atomic E-state index is 0.124. The molecule has 106 valence electrons. The zero-order valence-electron chi connectivity index (χ0n) is 10.9. The highest BCUT2D eigenvalue weighted by Crippen LogP contribution is 2.28. The van der Waals surface area contributed by atoms with Crippen molar-refractivity contribution in [1.82, 2.24) is 9.29 Å². The van der Waals surface area contributed by atoms with Gasteiger partial charge in [0.1, 0.15) is 10.3 Å². The summed E-state index contributed by atoms with van der Waals surface area (Å²) in [5.74, 6) is 0.529. The molecular formula is C13H14N2O3S2. The summed E-state index contributed by atoms with van der Waals surface area (Å²) in [6.07, 6.45) is 1.53. The summed E-state index contributed by atoms with van der Waals surface area (Å²) in [6, 6.07) is 8.88. The Morgan fingerprint density at radius 3 is 2.70 bits per heavy atom. The van der Waals surface area contributed by atoms with E-state index in [2.05, 4.69) is 4.98 Å². The highest BCUT2D eigenvalue weighted by molar-refractivity contribution is 7.91. The molecule has 0 aromatic carbocycles. The molecule has 3 rings (SSSR count). The third kappa shape index (κ3) is 2.56. The van der Waals surface area contributed by atoms with Gasteiger partial charge in [-0.05, 0) is 25.1 Å². The van der Waals surface area contributed by atoms with Crippen LogP contribution >= 0.6 is 11.3 Å². The Bertz CT molecular complexity index is 691. The Balaban J connectivity index is 1.63. The second-order valence-electron chi connectivity index (χ2n) is 4.59. The quantitative estimate of drug-likeness (QED) is 0.865. The number of sulfonamides is 1. The number of nitrogens with zero attached hydrogens (tertiary/aromatic N) is 2. The van der Waals surface area contributed by atoms with Gasteiger partial charge >= 0.3 is 0 Å². The summed E-state index contributed by atoms with van der Waals surface area (Å²) < 4.78 is 32.0. The summed E-state index contributed by atoms with van der Waals surface area (Å²) in [7, 11) is -3.36. The van der Waals surface area contributed by atoms with Crippen LogP contribution < -0.4 is 4.74 Å². The van der Waals surface area contributed by atoms with Gasteiger partial charge in [0.25, 0.3) is 10.0 Å². The van der Waals surface area contributed by atoms with Gasteiger partial charge in [-0.15, -0.1) is 11.3 Å². The SMILES string of the molecule is Cc1ccc(S(=O)(=O)N2CC(Oc3ccccn3)C2)s1. The third-order valence-corrected chi connectivity index (χ3v) is 6.35. The van der Waals surface area contributed by atoms with Crippen molar-refractivity contribution < 1.29 is 13.2 Å². The maximum Gasteiger partial charge on any atom is 0.252 e. The number of thiophene rings is 1. The molecular weight excluding hydrogens is 296 g/mol. The molecule has 2 aromatic rings. The highest BCUT2D eigenvalue weighted by atomic mass is 32.2. The molecule has 0 radical (unpaired) electrons. The molecule has 0 atom stereocenters. The van der Waals surface area contributed by atoms with E-state index in [4.69, 9.17) is 4.74 Å². The lowest BCUT2D eigenvalue weighted by Gasteiger charge is -2.37. The first-order chi connectivity index (χ1) is 9.55. The first kappa shape index (κ1) is 13.5. The van der Waals surface area contributed by atoms with Crippen LogP contribution in [0.3, 0.4) is 0 Å². The summed E-state index contributed by atoms with van der Waals surface area (Å²) in [5.41, 5.74) is 0. The van der Waals surface area contributed by atoms with E-state index in [1.54, 1.807) is 18.3 Å². The minimum atomic E-state index is -3.36. The predicted octanol–water partition coefficient (Wildman–Crippen LogP) is 1.90. The normalized spacial score (nSPS) is 16.9. The van der Waals surface area contributed by atoms with Gasteiger partial charge < -0.3 is 4.74 Å². The van der Waals surface area contributed by atoms with Gasteiger partial charge in [-0.1, -0.05) is 6.07 Å². The Morgan fingerprint density at radius 1 is 1.30 bits per heavy atom. The molecule has 3 heterocycles. The van der Waals surface area contributed by atoms with Crippen molar-refractivity contribution in [3.8, 4) is 5.88 Å². The van der Waals surface area contributed by atoms with Gasteiger partial charge in [0.2, 0.25) is 5.88 Å². The highest BCUT2D eigenvalue weighted by Gasteiger charge is 2.38. The van der Waals surface area contributed by atoms with Gasteiger partial charge in [0.15, 0.2) is 0 Å². The lowest BCUT2D eigenvalue weighted by Crippen LogP contribution is -2.55. The van der Waals surface area contributed by atoms with Crippen LogP contribution in [0.15, 0.2) is 40.7 Å². The fourth-order valence-electron chi connectivity index (χ4n) is 1.94. The fraction of sp³-hybridized carbons (Fsp3) is 0.308. The molecule has 1 aliphatic rings. The molecule has 1 aliphatic heterocycles. The molecule has 0 aliphatic carbocycles. The number of ether oxygens (including phenoxy) is 1. The van der Waals surface area contributed by atoms with Crippen molar-refractivity contribution in [2.45, 2.75) is 17.2 Å². The number of aromatic nitrogens is 1. The zero-order valence-corrected chi connectivity index (χ0v) is 12.5. The van der Waals surface area contributed by atoms with E-state index >= 15 is 0 Å². The molecule has 0 saturated carbocycles. The van der Waals surface area contributed by atoms with Crippen LogP contribution in [-0.2, 0) is 10.0 Å². The van der Waals surface area contributed by atoms with Crippen molar-refractivity contribution in [1.29, 1.82) is 0 Å². The van der Waals surface area contributed by atoms with Crippen molar-refractivity contribution in [2.24, 2.45) is 0 Å². The second-order valence-corrected chi connectivity index (χ2v) is 8.05. The topological polar surface area (TPSA) is 59.5 Å². The molecule has 1 saturated heterocycles. The molecule has 5 nitrogen and oxygen atoms in total. The van der Waals surface area contributed by atoms with E-state index in [1.165, 1.54) is 15.6 Å². The Hall–Kier alpha value is -1.44. The van der Waals surface area contributed by atoms with Crippen LogP contribution in [0.4, 0.5) is 0 Å².